The molecule has 0 aliphatic heterocycles. The Balaban J connectivity index is 2.06. The predicted octanol–water partition coefficient (Wildman–Crippen LogP) is 1.37. The number of nitrogens with one attached hydrogen (secondary N) is 1. The summed E-state index contributed by atoms with van der Waals surface area (Å²) in [7, 11) is 0. The van der Waals surface area contributed by atoms with Crippen molar-refractivity contribution in [2.45, 2.75) is 25.5 Å². The minimum atomic E-state index is -0.354. The Morgan fingerprint density at radius 2 is 2.44 bits per heavy atom. The maximum atomic E-state index is 11.9. The second-order valence-electron chi connectivity index (χ2n) is 4.43. The summed E-state index contributed by atoms with van der Waals surface area (Å²) >= 11 is 3.25. The summed E-state index contributed by atoms with van der Waals surface area (Å²) in [5, 5.41) is 16.8. The molecule has 0 aromatic carbocycles. The molecule has 18 heavy (non-hydrogen) atoms. The van der Waals surface area contributed by atoms with Crippen molar-refractivity contribution in [1.29, 1.82) is 0 Å². The summed E-state index contributed by atoms with van der Waals surface area (Å²) in [6, 6.07) is 0. The first-order chi connectivity index (χ1) is 8.63. The van der Waals surface area contributed by atoms with Crippen LogP contribution >= 0.6 is 15.9 Å². The van der Waals surface area contributed by atoms with Crippen molar-refractivity contribution in [2.24, 2.45) is 5.92 Å². The molecule has 0 saturated heterocycles. The third kappa shape index (κ3) is 3.00. The van der Waals surface area contributed by atoms with Crippen molar-refractivity contribution in [2.75, 3.05) is 11.9 Å². The number of nitrogens with zero attached hydrogens (tertiary/aromatic N) is 2. The van der Waals surface area contributed by atoms with Crippen LogP contribution in [0.2, 0.25) is 0 Å². The van der Waals surface area contributed by atoms with Crippen LogP contribution in [0, 0.1) is 5.92 Å². The maximum absolute atomic E-state index is 11.9. The fraction of sp³-hybridized carbons (Fsp3) is 0.500. The van der Waals surface area contributed by atoms with Crippen LogP contribution in [-0.4, -0.2) is 27.5 Å². The molecule has 0 bridgehead atoms. The number of anilines is 1. The largest absolute Gasteiger partial charge is 0.391 e. The zero-order valence-corrected chi connectivity index (χ0v) is 11.6. The molecule has 1 aliphatic carbocycles. The summed E-state index contributed by atoms with van der Waals surface area (Å²) in [4.78, 5) is 11.9. The molecule has 1 atom stereocenters. The van der Waals surface area contributed by atoms with E-state index in [0.29, 0.717) is 29.2 Å². The second kappa shape index (κ2) is 5.67. The van der Waals surface area contributed by atoms with Gasteiger partial charge in [-0.15, -0.1) is 6.58 Å². The molecular weight excluding hydrogens is 298 g/mol. The highest BCUT2D eigenvalue weighted by molar-refractivity contribution is 9.10. The molecule has 0 radical (unpaired) electrons. The zero-order valence-electron chi connectivity index (χ0n) is 9.97. The van der Waals surface area contributed by atoms with Crippen LogP contribution in [-0.2, 0) is 6.54 Å². The number of halogens is 1. The fourth-order valence-corrected chi connectivity index (χ4v) is 2.15. The number of aliphatic hydroxyl groups is 1. The van der Waals surface area contributed by atoms with Crippen molar-refractivity contribution in [3.8, 4) is 0 Å². The lowest BCUT2D eigenvalue weighted by Crippen LogP contribution is -2.26. The van der Waals surface area contributed by atoms with Crippen LogP contribution in [0.1, 0.15) is 12.8 Å². The van der Waals surface area contributed by atoms with E-state index in [0.717, 1.165) is 12.8 Å². The standard InChI is InChI=1S/C12H16BrN3O2/c1-2-5-16-12(18)11(13)9(6-15-16)14-7-10(17)8-3-4-8/h2,6,8,10,14,17H,1,3-5,7H2. The van der Waals surface area contributed by atoms with Crippen LogP contribution in [0.15, 0.2) is 28.1 Å². The highest BCUT2D eigenvalue weighted by Crippen LogP contribution is 2.32. The highest BCUT2D eigenvalue weighted by Gasteiger charge is 2.29. The molecule has 2 N–H and O–H groups in total. The number of hydrogen-bond acceptors (Lipinski definition) is 4. The minimum Gasteiger partial charge on any atom is -0.391 e. The molecule has 1 heterocycles. The van der Waals surface area contributed by atoms with E-state index in [2.05, 4.69) is 32.9 Å². The molecular formula is C12H16BrN3O2. The van der Waals surface area contributed by atoms with Crippen molar-refractivity contribution in [1.82, 2.24) is 9.78 Å². The van der Waals surface area contributed by atoms with Crippen LogP contribution in [0.25, 0.3) is 0 Å². The molecule has 1 unspecified atom stereocenters. The van der Waals surface area contributed by atoms with Gasteiger partial charge in [-0.05, 0) is 34.7 Å². The van der Waals surface area contributed by atoms with Gasteiger partial charge in [0.15, 0.2) is 0 Å². The van der Waals surface area contributed by atoms with Crippen molar-refractivity contribution >= 4 is 21.6 Å². The van der Waals surface area contributed by atoms with Crippen LogP contribution in [0.5, 0.6) is 0 Å². The molecule has 0 spiro atoms. The van der Waals surface area contributed by atoms with Crippen molar-refractivity contribution in [3.63, 3.8) is 0 Å². The third-order valence-corrected chi connectivity index (χ3v) is 3.72. The molecule has 1 saturated carbocycles. The molecule has 1 aromatic heterocycles. The molecule has 6 heteroatoms. The first kappa shape index (κ1) is 13.3. The van der Waals surface area contributed by atoms with Gasteiger partial charge in [-0.25, -0.2) is 4.68 Å². The quantitative estimate of drug-likeness (QED) is 0.779. The first-order valence-electron chi connectivity index (χ1n) is 5.92. The Bertz CT molecular complexity index is 497. The molecule has 1 fully saturated rings. The van der Waals surface area contributed by atoms with E-state index in [4.69, 9.17) is 0 Å². The summed E-state index contributed by atoms with van der Waals surface area (Å²) in [6.07, 6.45) is 5.01. The van der Waals surface area contributed by atoms with Gasteiger partial charge in [-0.1, -0.05) is 6.08 Å². The average Bonchev–Trinajstić information content (AvgIpc) is 3.18. The van der Waals surface area contributed by atoms with Gasteiger partial charge in [0.05, 0.1) is 24.5 Å². The van der Waals surface area contributed by atoms with Crippen molar-refractivity contribution < 1.29 is 5.11 Å². The van der Waals surface area contributed by atoms with Gasteiger partial charge in [-0.2, -0.15) is 5.10 Å². The Hall–Kier alpha value is -1.14. The summed E-state index contributed by atoms with van der Waals surface area (Å²) in [5.74, 6) is 0.408. The molecule has 1 aliphatic rings. The Kier molecular flexibility index (Phi) is 4.19. The van der Waals surface area contributed by atoms with Gasteiger partial charge in [0.2, 0.25) is 0 Å². The highest BCUT2D eigenvalue weighted by atomic mass is 79.9. The Morgan fingerprint density at radius 1 is 1.72 bits per heavy atom. The average molecular weight is 314 g/mol. The minimum absolute atomic E-state index is 0.208. The summed E-state index contributed by atoms with van der Waals surface area (Å²) < 4.78 is 1.75. The third-order valence-electron chi connectivity index (χ3n) is 2.95. The fourth-order valence-electron chi connectivity index (χ4n) is 1.70. The maximum Gasteiger partial charge on any atom is 0.283 e. The number of rotatable bonds is 6. The van der Waals surface area contributed by atoms with Gasteiger partial charge in [0, 0.05) is 6.54 Å². The molecule has 2 rings (SSSR count). The zero-order chi connectivity index (χ0) is 13.1. The second-order valence-corrected chi connectivity index (χ2v) is 5.23. The Labute approximate surface area is 114 Å². The lowest BCUT2D eigenvalue weighted by Gasteiger charge is -2.13. The monoisotopic (exact) mass is 313 g/mol. The van der Waals surface area contributed by atoms with Gasteiger partial charge in [-0.3, -0.25) is 4.79 Å². The van der Waals surface area contributed by atoms with Crippen molar-refractivity contribution in [3.05, 3.63) is 33.7 Å². The van der Waals surface area contributed by atoms with E-state index < -0.39 is 0 Å². The molecule has 5 nitrogen and oxygen atoms in total. The number of aliphatic hydroxyl groups excluding tert-OH is 1. The van der Waals surface area contributed by atoms with Crippen LogP contribution < -0.4 is 10.9 Å². The predicted molar refractivity (Wildman–Crippen MR) is 73.6 cm³/mol. The van der Waals surface area contributed by atoms with E-state index in [-0.39, 0.29) is 11.7 Å². The first-order valence-corrected chi connectivity index (χ1v) is 6.71. The van der Waals surface area contributed by atoms with E-state index in [1.165, 1.54) is 4.68 Å². The van der Waals surface area contributed by atoms with Crippen LogP contribution in [0.4, 0.5) is 5.69 Å². The molecule has 0 amide bonds. The SMILES string of the molecule is C=CCn1ncc(NCC(O)C2CC2)c(Br)c1=O. The van der Waals surface area contributed by atoms with Crippen LogP contribution in [0.3, 0.4) is 0 Å². The van der Waals surface area contributed by atoms with Gasteiger partial charge < -0.3 is 10.4 Å². The molecule has 1 aromatic rings. The van der Waals surface area contributed by atoms with Gasteiger partial charge in [0.25, 0.3) is 5.56 Å². The van der Waals surface area contributed by atoms with Gasteiger partial charge >= 0.3 is 0 Å². The summed E-state index contributed by atoms with van der Waals surface area (Å²) in [5.41, 5.74) is 0.404. The van der Waals surface area contributed by atoms with Gasteiger partial charge in [0.1, 0.15) is 4.47 Å². The van der Waals surface area contributed by atoms with E-state index in [1.807, 2.05) is 0 Å². The summed E-state index contributed by atoms with van der Waals surface area (Å²) in [6.45, 7) is 4.39. The van der Waals surface area contributed by atoms with E-state index >= 15 is 0 Å². The number of hydrogen-bond donors (Lipinski definition) is 2. The number of aromatic nitrogens is 2. The lowest BCUT2D eigenvalue weighted by molar-refractivity contribution is 0.164. The topological polar surface area (TPSA) is 67.2 Å². The molecule has 98 valence electrons. The smallest absolute Gasteiger partial charge is 0.283 e. The lowest BCUT2D eigenvalue weighted by atomic mass is 10.2. The Morgan fingerprint density at radius 3 is 3.06 bits per heavy atom. The van der Waals surface area contributed by atoms with E-state index in [1.54, 1.807) is 12.3 Å². The van der Waals surface area contributed by atoms with E-state index in [9.17, 15) is 9.90 Å². The number of allylic oxidation sites excluding steroid dienone is 1. The normalized spacial score (nSPS) is 16.3.